The highest BCUT2D eigenvalue weighted by Crippen LogP contribution is 2.47. The van der Waals surface area contributed by atoms with Gasteiger partial charge in [0.25, 0.3) is 5.69 Å². The third-order valence-electron chi connectivity index (χ3n) is 3.18. The molecule has 1 aliphatic rings. The fraction of sp³-hybridized carbons (Fsp3) is 0.231. The first-order valence-corrected chi connectivity index (χ1v) is 5.65. The number of nitro benzene ring substituents is 1. The standard InChI is InChI=1S/C13H11NO4/c1-7-6-10-11(14(16)17)12(15)8-4-2-3-5-9(8)13(10)18-7/h2-5,7,15H,6H2,1H3/p-1/t7-/m0/s1. The lowest BCUT2D eigenvalue weighted by molar-refractivity contribution is -0.398. The van der Waals surface area contributed by atoms with Gasteiger partial charge in [-0.3, -0.25) is 10.1 Å². The van der Waals surface area contributed by atoms with Gasteiger partial charge in [-0.15, -0.1) is 0 Å². The zero-order valence-corrected chi connectivity index (χ0v) is 9.67. The fourth-order valence-electron chi connectivity index (χ4n) is 2.46. The molecule has 0 amide bonds. The van der Waals surface area contributed by atoms with Gasteiger partial charge in [0.2, 0.25) is 0 Å². The Balaban J connectivity index is 2.46. The van der Waals surface area contributed by atoms with Crippen LogP contribution in [0, 0.1) is 10.1 Å². The van der Waals surface area contributed by atoms with Crippen LogP contribution < -0.4 is 9.84 Å². The third-order valence-corrected chi connectivity index (χ3v) is 3.18. The molecule has 0 N–H and O–H groups in total. The normalized spacial score (nSPS) is 17.5. The summed E-state index contributed by atoms with van der Waals surface area (Å²) in [5.41, 5.74) is 0.0873. The minimum Gasteiger partial charge on any atom is -0.867 e. The number of nitro groups is 1. The Morgan fingerprint density at radius 3 is 2.67 bits per heavy atom. The minimum atomic E-state index is -0.602. The van der Waals surface area contributed by atoms with E-state index in [1.807, 2.05) is 6.92 Å². The van der Waals surface area contributed by atoms with Gasteiger partial charge in [-0.1, -0.05) is 24.3 Å². The Hall–Kier alpha value is -2.30. The van der Waals surface area contributed by atoms with E-state index in [0.717, 1.165) is 0 Å². The smallest absolute Gasteiger partial charge is 0.269 e. The van der Waals surface area contributed by atoms with Crippen molar-refractivity contribution < 1.29 is 14.8 Å². The number of hydrogen-bond acceptors (Lipinski definition) is 4. The molecule has 18 heavy (non-hydrogen) atoms. The number of ether oxygens (including phenoxy) is 1. The summed E-state index contributed by atoms with van der Waals surface area (Å²) in [5, 5.41) is 24.2. The van der Waals surface area contributed by atoms with Gasteiger partial charge in [0.1, 0.15) is 11.9 Å². The van der Waals surface area contributed by atoms with Crippen molar-refractivity contribution in [3.63, 3.8) is 0 Å². The second-order valence-electron chi connectivity index (χ2n) is 4.42. The molecule has 0 bridgehead atoms. The Bertz CT molecular complexity index is 666. The first-order chi connectivity index (χ1) is 8.59. The highest BCUT2D eigenvalue weighted by atomic mass is 16.6. The topological polar surface area (TPSA) is 75.4 Å². The zero-order chi connectivity index (χ0) is 12.9. The maximum absolute atomic E-state index is 12.1. The molecule has 0 fully saturated rings. The van der Waals surface area contributed by atoms with Crippen molar-refractivity contribution in [2.24, 2.45) is 0 Å². The van der Waals surface area contributed by atoms with E-state index in [2.05, 4.69) is 0 Å². The first kappa shape index (κ1) is 10.8. The van der Waals surface area contributed by atoms with Crippen LogP contribution >= 0.6 is 0 Å². The van der Waals surface area contributed by atoms with Crippen LogP contribution in [0.1, 0.15) is 12.5 Å². The maximum Gasteiger partial charge on any atom is 0.269 e. The molecule has 92 valence electrons. The lowest BCUT2D eigenvalue weighted by atomic mass is 10.0. The molecule has 3 rings (SSSR count). The van der Waals surface area contributed by atoms with Gasteiger partial charge in [-0.05, 0) is 18.1 Å². The van der Waals surface area contributed by atoms with Crippen LogP contribution in [0.15, 0.2) is 24.3 Å². The monoisotopic (exact) mass is 244 g/mol. The molecule has 1 atom stereocenters. The molecule has 1 heterocycles. The van der Waals surface area contributed by atoms with E-state index in [9.17, 15) is 15.2 Å². The molecule has 0 unspecified atom stereocenters. The second-order valence-corrected chi connectivity index (χ2v) is 4.42. The summed E-state index contributed by atoms with van der Waals surface area (Å²) in [4.78, 5) is 10.5. The summed E-state index contributed by atoms with van der Waals surface area (Å²) >= 11 is 0. The van der Waals surface area contributed by atoms with Crippen LogP contribution in [0.4, 0.5) is 5.69 Å². The van der Waals surface area contributed by atoms with Crippen LogP contribution in [0.3, 0.4) is 0 Å². The van der Waals surface area contributed by atoms with Crippen molar-refractivity contribution in [1.82, 2.24) is 0 Å². The molecule has 2 aromatic rings. The maximum atomic E-state index is 12.1. The molecule has 5 heteroatoms. The van der Waals surface area contributed by atoms with Crippen molar-refractivity contribution in [2.75, 3.05) is 0 Å². The number of nitrogens with zero attached hydrogens (tertiary/aromatic N) is 1. The highest BCUT2D eigenvalue weighted by molar-refractivity contribution is 5.98. The van der Waals surface area contributed by atoms with Crippen LogP contribution in [0.25, 0.3) is 10.8 Å². The van der Waals surface area contributed by atoms with Crippen molar-refractivity contribution in [3.8, 4) is 11.5 Å². The van der Waals surface area contributed by atoms with E-state index in [1.165, 1.54) is 0 Å². The van der Waals surface area contributed by atoms with Gasteiger partial charge >= 0.3 is 0 Å². The first-order valence-electron chi connectivity index (χ1n) is 5.65. The van der Waals surface area contributed by atoms with E-state index in [-0.39, 0.29) is 11.8 Å². The average molecular weight is 244 g/mol. The molecule has 5 nitrogen and oxygen atoms in total. The summed E-state index contributed by atoms with van der Waals surface area (Å²) < 4.78 is 5.62. The lowest BCUT2D eigenvalue weighted by Gasteiger charge is -2.14. The van der Waals surface area contributed by atoms with E-state index in [0.29, 0.717) is 28.5 Å². The Labute approximate surface area is 103 Å². The number of benzene rings is 2. The number of rotatable bonds is 1. The average Bonchev–Trinajstić information content (AvgIpc) is 2.70. The zero-order valence-electron chi connectivity index (χ0n) is 9.67. The van der Waals surface area contributed by atoms with Gasteiger partial charge in [-0.2, -0.15) is 0 Å². The van der Waals surface area contributed by atoms with Crippen molar-refractivity contribution in [1.29, 1.82) is 0 Å². The molecule has 0 aliphatic carbocycles. The molecule has 0 saturated carbocycles. The Morgan fingerprint density at radius 1 is 1.33 bits per heavy atom. The molecule has 1 aliphatic heterocycles. The Morgan fingerprint density at radius 2 is 2.00 bits per heavy atom. The van der Waals surface area contributed by atoms with Gasteiger partial charge in [-0.25, -0.2) is 0 Å². The van der Waals surface area contributed by atoms with Crippen molar-refractivity contribution in [2.45, 2.75) is 19.4 Å². The van der Waals surface area contributed by atoms with Gasteiger partial charge in [0.05, 0.1) is 10.5 Å². The van der Waals surface area contributed by atoms with Gasteiger partial charge < -0.3 is 9.84 Å². The van der Waals surface area contributed by atoms with Gasteiger partial charge in [0.15, 0.2) is 0 Å². The second kappa shape index (κ2) is 3.60. The molecule has 0 spiro atoms. The number of hydrogen-bond donors (Lipinski definition) is 0. The van der Waals surface area contributed by atoms with Crippen LogP contribution in [0.2, 0.25) is 0 Å². The summed E-state index contributed by atoms with van der Waals surface area (Å²) in [5.74, 6) is -0.0311. The van der Waals surface area contributed by atoms with Crippen molar-refractivity contribution in [3.05, 3.63) is 39.9 Å². The summed E-state index contributed by atoms with van der Waals surface area (Å²) in [7, 11) is 0. The number of fused-ring (bicyclic) bond motifs is 3. The predicted molar refractivity (Wildman–Crippen MR) is 63.8 cm³/mol. The minimum absolute atomic E-state index is 0.135. The lowest BCUT2D eigenvalue weighted by Crippen LogP contribution is -2.06. The van der Waals surface area contributed by atoms with Gasteiger partial charge in [0, 0.05) is 11.8 Å². The van der Waals surface area contributed by atoms with E-state index >= 15 is 0 Å². The molecule has 0 radical (unpaired) electrons. The predicted octanol–water partition coefficient (Wildman–Crippen LogP) is 2.14. The fourth-order valence-corrected chi connectivity index (χ4v) is 2.46. The van der Waals surface area contributed by atoms with Crippen LogP contribution in [0.5, 0.6) is 11.5 Å². The van der Waals surface area contributed by atoms with E-state index in [1.54, 1.807) is 24.3 Å². The molecular formula is C13H10NO4-. The van der Waals surface area contributed by atoms with Crippen LogP contribution in [-0.4, -0.2) is 11.0 Å². The molecular weight excluding hydrogens is 234 g/mol. The molecule has 0 saturated heterocycles. The largest absolute Gasteiger partial charge is 0.867 e. The quantitative estimate of drug-likeness (QED) is 0.569. The summed E-state index contributed by atoms with van der Waals surface area (Å²) in [6.07, 6.45) is 0.273. The Kier molecular flexibility index (Phi) is 2.16. The SMILES string of the molecule is C[C@H]1Cc2c([N+](=O)[O-])c([O-])c3ccccc3c2O1. The third kappa shape index (κ3) is 1.33. The summed E-state index contributed by atoms with van der Waals surface area (Å²) in [6.45, 7) is 1.84. The molecule has 2 aromatic carbocycles. The van der Waals surface area contributed by atoms with E-state index in [4.69, 9.17) is 4.74 Å². The summed E-state index contributed by atoms with van der Waals surface area (Å²) in [6, 6.07) is 6.84. The highest BCUT2D eigenvalue weighted by Gasteiger charge is 2.30. The van der Waals surface area contributed by atoms with Crippen molar-refractivity contribution >= 4 is 16.5 Å². The van der Waals surface area contributed by atoms with Crippen LogP contribution in [-0.2, 0) is 6.42 Å². The van der Waals surface area contributed by atoms with E-state index < -0.39 is 10.7 Å². The molecule has 0 aromatic heterocycles.